The second kappa shape index (κ2) is 5.21. The molecule has 0 aliphatic carbocycles. The van der Waals surface area contributed by atoms with Crippen LogP contribution in [0, 0.1) is 0 Å². The molecule has 0 unspecified atom stereocenters. The van der Waals surface area contributed by atoms with E-state index in [9.17, 15) is 9.90 Å². The molecule has 88 valence electrons. The Balaban J connectivity index is 3.40. The zero-order valence-electron chi connectivity index (χ0n) is 9.33. The minimum atomic E-state index is -0.0613. The van der Waals surface area contributed by atoms with Crippen LogP contribution in [0.15, 0.2) is 10.5 Å². The minimum absolute atomic E-state index is 0.00727. The van der Waals surface area contributed by atoms with Crippen molar-refractivity contribution in [3.05, 3.63) is 16.1 Å². The number of aromatic hydroxyl groups is 1. The van der Waals surface area contributed by atoms with Crippen molar-refractivity contribution in [2.75, 3.05) is 14.2 Å². The number of ketones is 1. The standard InChI is InChI=1S/C11H13BrO4/c1-6(13)4-7-10(14)8(12)5-9(15-2)11(7)16-3/h5,14H,4H2,1-3H3. The number of benzene rings is 1. The second-order valence-electron chi connectivity index (χ2n) is 3.30. The lowest BCUT2D eigenvalue weighted by Crippen LogP contribution is -2.02. The summed E-state index contributed by atoms with van der Waals surface area (Å²) in [5.74, 6) is 0.809. The number of phenols is 1. The number of carbonyl (C=O) groups is 1. The van der Waals surface area contributed by atoms with E-state index in [1.165, 1.54) is 21.1 Å². The summed E-state index contributed by atoms with van der Waals surface area (Å²) in [6.45, 7) is 1.45. The Morgan fingerprint density at radius 3 is 2.50 bits per heavy atom. The predicted molar refractivity (Wildman–Crippen MR) is 63.3 cm³/mol. The smallest absolute Gasteiger partial charge is 0.168 e. The molecule has 1 N–H and O–H groups in total. The van der Waals surface area contributed by atoms with Crippen molar-refractivity contribution in [2.24, 2.45) is 0 Å². The van der Waals surface area contributed by atoms with Gasteiger partial charge in [-0.1, -0.05) is 0 Å². The third kappa shape index (κ3) is 2.47. The number of halogens is 1. The van der Waals surface area contributed by atoms with Gasteiger partial charge in [0.2, 0.25) is 0 Å². The number of phenolic OH excluding ortho intramolecular Hbond substituents is 1. The summed E-state index contributed by atoms with van der Waals surface area (Å²) in [7, 11) is 2.97. The summed E-state index contributed by atoms with van der Waals surface area (Å²) in [6.07, 6.45) is 0.102. The molecule has 0 radical (unpaired) electrons. The molecule has 0 aromatic heterocycles. The maximum absolute atomic E-state index is 11.1. The fourth-order valence-electron chi connectivity index (χ4n) is 1.44. The van der Waals surface area contributed by atoms with Crippen molar-refractivity contribution in [2.45, 2.75) is 13.3 Å². The first-order valence-electron chi connectivity index (χ1n) is 4.63. The van der Waals surface area contributed by atoms with E-state index in [-0.39, 0.29) is 18.0 Å². The van der Waals surface area contributed by atoms with Crippen LogP contribution in [0.3, 0.4) is 0 Å². The largest absolute Gasteiger partial charge is 0.506 e. The molecule has 16 heavy (non-hydrogen) atoms. The van der Waals surface area contributed by atoms with Crippen LogP contribution in [0.25, 0.3) is 0 Å². The molecular formula is C11H13BrO4. The van der Waals surface area contributed by atoms with Crippen molar-refractivity contribution >= 4 is 21.7 Å². The molecule has 1 aromatic carbocycles. The van der Waals surface area contributed by atoms with Gasteiger partial charge in [0.05, 0.1) is 18.7 Å². The SMILES string of the molecule is COc1cc(Br)c(O)c(CC(C)=O)c1OC. The van der Waals surface area contributed by atoms with Crippen LogP contribution in [0.4, 0.5) is 0 Å². The summed E-state index contributed by atoms with van der Waals surface area (Å²) in [5.41, 5.74) is 0.432. The number of methoxy groups -OCH3 is 2. The zero-order valence-corrected chi connectivity index (χ0v) is 10.9. The topological polar surface area (TPSA) is 55.8 Å². The molecule has 0 heterocycles. The number of hydrogen-bond donors (Lipinski definition) is 1. The van der Waals surface area contributed by atoms with Crippen LogP contribution in [0.5, 0.6) is 17.2 Å². The highest BCUT2D eigenvalue weighted by atomic mass is 79.9. The summed E-state index contributed by atoms with van der Waals surface area (Å²) in [6, 6.07) is 1.60. The van der Waals surface area contributed by atoms with Crippen molar-refractivity contribution in [3.8, 4) is 17.2 Å². The van der Waals surface area contributed by atoms with Crippen molar-refractivity contribution in [1.29, 1.82) is 0 Å². The van der Waals surface area contributed by atoms with E-state index in [1.54, 1.807) is 6.07 Å². The fourth-order valence-corrected chi connectivity index (χ4v) is 1.88. The molecule has 0 spiro atoms. The molecule has 4 nitrogen and oxygen atoms in total. The monoisotopic (exact) mass is 288 g/mol. The van der Waals surface area contributed by atoms with Crippen LogP contribution in [0.1, 0.15) is 12.5 Å². The van der Waals surface area contributed by atoms with E-state index in [0.717, 1.165) is 0 Å². The minimum Gasteiger partial charge on any atom is -0.506 e. The van der Waals surface area contributed by atoms with Crippen LogP contribution in [0.2, 0.25) is 0 Å². The Kier molecular flexibility index (Phi) is 4.18. The molecular weight excluding hydrogens is 276 g/mol. The van der Waals surface area contributed by atoms with Crippen LogP contribution in [-0.2, 0) is 11.2 Å². The molecule has 5 heteroatoms. The number of ether oxygens (including phenoxy) is 2. The third-order valence-electron chi connectivity index (χ3n) is 2.12. The van der Waals surface area contributed by atoms with Crippen molar-refractivity contribution in [1.82, 2.24) is 0 Å². The van der Waals surface area contributed by atoms with E-state index >= 15 is 0 Å². The molecule has 0 saturated carbocycles. The number of carbonyl (C=O) groups excluding carboxylic acids is 1. The Morgan fingerprint density at radius 2 is 2.06 bits per heavy atom. The van der Waals surface area contributed by atoms with Gasteiger partial charge in [0.25, 0.3) is 0 Å². The molecule has 0 amide bonds. The van der Waals surface area contributed by atoms with E-state index in [1.807, 2.05) is 0 Å². The molecule has 1 aromatic rings. The van der Waals surface area contributed by atoms with E-state index in [4.69, 9.17) is 9.47 Å². The molecule has 1 rings (SSSR count). The molecule has 0 fully saturated rings. The molecule has 0 saturated heterocycles. The van der Waals surface area contributed by atoms with Crippen LogP contribution in [-0.4, -0.2) is 25.1 Å². The molecule has 0 bridgehead atoms. The summed E-state index contributed by atoms with van der Waals surface area (Å²) >= 11 is 3.19. The predicted octanol–water partition coefficient (Wildman–Crippen LogP) is 2.30. The Morgan fingerprint density at radius 1 is 1.44 bits per heavy atom. The average Bonchev–Trinajstić information content (AvgIpc) is 2.23. The van der Waals surface area contributed by atoms with Gasteiger partial charge in [-0.3, -0.25) is 4.79 Å². The average molecular weight is 289 g/mol. The lowest BCUT2D eigenvalue weighted by atomic mass is 10.1. The maximum atomic E-state index is 11.1. The Labute approximate surface area is 102 Å². The highest BCUT2D eigenvalue weighted by Gasteiger charge is 2.19. The normalized spacial score (nSPS) is 10.0. The maximum Gasteiger partial charge on any atom is 0.168 e. The van der Waals surface area contributed by atoms with Gasteiger partial charge in [-0.25, -0.2) is 0 Å². The van der Waals surface area contributed by atoms with Gasteiger partial charge < -0.3 is 14.6 Å². The van der Waals surface area contributed by atoms with Crippen molar-refractivity contribution < 1.29 is 19.4 Å². The molecule has 0 aliphatic rings. The van der Waals surface area contributed by atoms with Crippen LogP contribution >= 0.6 is 15.9 Å². The second-order valence-corrected chi connectivity index (χ2v) is 4.15. The van der Waals surface area contributed by atoms with Gasteiger partial charge in [-0.2, -0.15) is 0 Å². The number of hydrogen-bond acceptors (Lipinski definition) is 4. The van der Waals surface area contributed by atoms with Gasteiger partial charge in [-0.15, -0.1) is 0 Å². The quantitative estimate of drug-likeness (QED) is 0.924. The summed E-state index contributed by atoms with van der Waals surface area (Å²) in [5, 5.41) is 9.84. The number of Topliss-reactive ketones (excluding diaryl/α,β-unsaturated/α-hetero) is 1. The highest BCUT2D eigenvalue weighted by molar-refractivity contribution is 9.10. The van der Waals surface area contributed by atoms with Gasteiger partial charge in [0.1, 0.15) is 11.5 Å². The lowest BCUT2D eigenvalue weighted by Gasteiger charge is -2.14. The Bertz CT molecular complexity index is 415. The third-order valence-corrected chi connectivity index (χ3v) is 2.72. The van der Waals surface area contributed by atoms with Crippen LogP contribution < -0.4 is 9.47 Å². The first kappa shape index (κ1) is 12.8. The van der Waals surface area contributed by atoms with E-state index < -0.39 is 0 Å². The van der Waals surface area contributed by atoms with Crippen molar-refractivity contribution in [3.63, 3.8) is 0 Å². The van der Waals surface area contributed by atoms with Gasteiger partial charge in [-0.05, 0) is 22.9 Å². The molecule has 0 atom stereocenters. The number of rotatable bonds is 4. The first-order chi connectivity index (χ1) is 7.51. The molecule has 0 aliphatic heterocycles. The lowest BCUT2D eigenvalue weighted by molar-refractivity contribution is -0.116. The highest BCUT2D eigenvalue weighted by Crippen LogP contribution is 2.42. The first-order valence-corrected chi connectivity index (χ1v) is 5.42. The van der Waals surface area contributed by atoms with E-state index in [0.29, 0.717) is 21.5 Å². The summed E-state index contributed by atoms with van der Waals surface area (Å²) in [4.78, 5) is 11.1. The fraction of sp³-hybridized carbons (Fsp3) is 0.364. The van der Waals surface area contributed by atoms with Gasteiger partial charge in [0.15, 0.2) is 11.5 Å². The summed E-state index contributed by atoms with van der Waals surface area (Å²) < 4.78 is 10.7. The van der Waals surface area contributed by atoms with Gasteiger partial charge >= 0.3 is 0 Å². The zero-order chi connectivity index (χ0) is 12.3. The van der Waals surface area contributed by atoms with E-state index in [2.05, 4.69) is 15.9 Å². The van der Waals surface area contributed by atoms with Gasteiger partial charge in [0, 0.05) is 18.1 Å². The Hall–Kier alpha value is -1.23.